The summed E-state index contributed by atoms with van der Waals surface area (Å²) in [5.41, 5.74) is 0.862. The van der Waals surface area contributed by atoms with Crippen molar-refractivity contribution in [3.05, 3.63) is 35.2 Å². The van der Waals surface area contributed by atoms with Gasteiger partial charge in [-0.25, -0.2) is 0 Å². The van der Waals surface area contributed by atoms with Gasteiger partial charge in [0, 0.05) is 49.6 Å². The standard InChI is InChI=1S/C16H19ClN4O2/c17-13-6-4-12(5-7-13)16-19-14(23-20-16)2-1-3-15(22)21-10-8-18-9-11-21/h4-7,18H,1-3,8-11H2. The molecule has 6 nitrogen and oxygen atoms in total. The van der Waals surface area contributed by atoms with Gasteiger partial charge in [0.25, 0.3) is 0 Å². The largest absolute Gasteiger partial charge is 0.340 e. The zero-order valence-electron chi connectivity index (χ0n) is 12.8. The maximum Gasteiger partial charge on any atom is 0.226 e. The molecule has 0 unspecified atom stereocenters. The number of amides is 1. The molecule has 23 heavy (non-hydrogen) atoms. The van der Waals surface area contributed by atoms with E-state index >= 15 is 0 Å². The van der Waals surface area contributed by atoms with Crippen LogP contribution in [0, 0.1) is 0 Å². The van der Waals surface area contributed by atoms with Crippen molar-refractivity contribution in [3.63, 3.8) is 0 Å². The van der Waals surface area contributed by atoms with E-state index in [1.165, 1.54) is 0 Å². The van der Waals surface area contributed by atoms with Crippen LogP contribution in [-0.2, 0) is 11.2 Å². The number of aromatic nitrogens is 2. The molecule has 1 fully saturated rings. The van der Waals surface area contributed by atoms with Gasteiger partial charge in [-0.1, -0.05) is 16.8 Å². The Bertz CT molecular complexity index is 650. The predicted octanol–water partition coefficient (Wildman–Crippen LogP) is 2.14. The molecular weight excluding hydrogens is 316 g/mol. The minimum atomic E-state index is 0.198. The summed E-state index contributed by atoms with van der Waals surface area (Å²) in [5.74, 6) is 1.30. The zero-order valence-corrected chi connectivity index (χ0v) is 13.6. The molecule has 1 saturated heterocycles. The van der Waals surface area contributed by atoms with Gasteiger partial charge in [0.15, 0.2) is 0 Å². The molecule has 122 valence electrons. The Morgan fingerprint density at radius 2 is 2.00 bits per heavy atom. The molecule has 1 amide bonds. The molecule has 2 heterocycles. The normalized spacial score (nSPS) is 14.9. The van der Waals surface area contributed by atoms with Crippen molar-refractivity contribution >= 4 is 17.5 Å². The van der Waals surface area contributed by atoms with Gasteiger partial charge >= 0.3 is 0 Å². The fraction of sp³-hybridized carbons (Fsp3) is 0.438. The minimum absolute atomic E-state index is 0.198. The summed E-state index contributed by atoms with van der Waals surface area (Å²) in [4.78, 5) is 18.3. The van der Waals surface area contributed by atoms with Crippen LogP contribution in [0.5, 0.6) is 0 Å². The maximum absolute atomic E-state index is 12.1. The number of nitrogens with one attached hydrogen (secondary N) is 1. The average Bonchev–Trinajstić information content (AvgIpc) is 3.05. The Kier molecular flexibility index (Phi) is 5.25. The first kappa shape index (κ1) is 16.0. The molecule has 2 aromatic rings. The van der Waals surface area contributed by atoms with Crippen molar-refractivity contribution in [2.24, 2.45) is 0 Å². The Balaban J connectivity index is 1.49. The van der Waals surface area contributed by atoms with Crippen molar-refractivity contribution in [3.8, 4) is 11.4 Å². The number of hydrogen-bond donors (Lipinski definition) is 1. The van der Waals surface area contributed by atoms with Gasteiger partial charge in [-0.3, -0.25) is 4.79 Å². The quantitative estimate of drug-likeness (QED) is 0.907. The van der Waals surface area contributed by atoms with Crippen molar-refractivity contribution in [2.75, 3.05) is 26.2 Å². The molecular formula is C16H19ClN4O2. The Morgan fingerprint density at radius 1 is 1.26 bits per heavy atom. The minimum Gasteiger partial charge on any atom is -0.340 e. The highest BCUT2D eigenvalue weighted by Gasteiger charge is 2.16. The maximum atomic E-state index is 12.1. The van der Waals surface area contributed by atoms with Crippen LogP contribution in [0.25, 0.3) is 11.4 Å². The van der Waals surface area contributed by atoms with Crippen molar-refractivity contribution in [1.82, 2.24) is 20.4 Å². The van der Waals surface area contributed by atoms with Gasteiger partial charge in [-0.2, -0.15) is 4.98 Å². The van der Waals surface area contributed by atoms with Crippen LogP contribution < -0.4 is 5.32 Å². The van der Waals surface area contributed by atoms with Crippen LogP contribution >= 0.6 is 11.6 Å². The molecule has 3 rings (SSSR count). The first-order valence-electron chi connectivity index (χ1n) is 7.79. The number of piperazine rings is 1. The molecule has 1 aromatic carbocycles. The van der Waals surface area contributed by atoms with E-state index in [1.54, 1.807) is 12.1 Å². The molecule has 1 N–H and O–H groups in total. The van der Waals surface area contributed by atoms with E-state index < -0.39 is 0 Å². The van der Waals surface area contributed by atoms with E-state index in [4.69, 9.17) is 16.1 Å². The third kappa shape index (κ3) is 4.30. The van der Waals surface area contributed by atoms with Gasteiger partial charge in [0.1, 0.15) is 0 Å². The van der Waals surface area contributed by atoms with Crippen LogP contribution in [0.2, 0.25) is 5.02 Å². The van der Waals surface area contributed by atoms with E-state index in [0.717, 1.165) is 31.7 Å². The molecule has 0 atom stereocenters. The van der Waals surface area contributed by atoms with E-state index in [-0.39, 0.29) is 5.91 Å². The van der Waals surface area contributed by atoms with Gasteiger partial charge in [0.2, 0.25) is 17.6 Å². The molecule has 0 spiro atoms. The fourth-order valence-corrected chi connectivity index (χ4v) is 2.66. The lowest BCUT2D eigenvalue weighted by Gasteiger charge is -2.27. The summed E-state index contributed by atoms with van der Waals surface area (Å²) >= 11 is 5.86. The summed E-state index contributed by atoms with van der Waals surface area (Å²) in [7, 11) is 0. The summed E-state index contributed by atoms with van der Waals surface area (Å²) < 4.78 is 5.25. The number of hydrogen-bond acceptors (Lipinski definition) is 5. The topological polar surface area (TPSA) is 71.3 Å². The highest BCUT2D eigenvalue weighted by molar-refractivity contribution is 6.30. The van der Waals surface area contributed by atoms with Crippen LogP contribution in [-0.4, -0.2) is 47.1 Å². The fourth-order valence-electron chi connectivity index (χ4n) is 2.54. The van der Waals surface area contributed by atoms with Crippen LogP contribution in [0.1, 0.15) is 18.7 Å². The Hall–Kier alpha value is -1.92. The Morgan fingerprint density at radius 3 is 2.74 bits per heavy atom. The number of carbonyl (C=O) groups excluding carboxylic acids is 1. The number of halogens is 1. The van der Waals surface area contributed by atoms with Crippen molar-refractivity contribution in [2.45, 2.75) is 19.3 Å². The highest BCUT2D eigenvalue weighted by Crippen LogP contribution is 2.19. The second-order valence-electron chi connectivity index (χ2n) is 5.50. The highest BCUT2D eigenvalue weighted by atomic mass is 35.5. The number of carbonyl (C=O) groups is 1. The van der Waals surface area contributed by atoms with Gasteiger partial charge in [0.05, 0.1) is 0 Å². The second-order valence-corrected chi connectivity index (χ2v) is 5.94. The Labute approximate surface area is 139 Å². The van der Waals surface area contributed by atoms with Crippen LogP contribution in [0.3, 0.4) is 0 Å². The predicted molar refractivity (Wildman–Crippen MR) is 87.1 cm³/mol. The van der Waals surface area contributed by atoms with Gasteiger partial charge in [-0.05, 0) is 30.7 Å². The van der Waals surface area contributed by atoms with Crippen molar-refractivity contribution in [1.29, 1.82) is 0 Å². The lowest BCUT2D eigenvalue weighted by Crippen LogP contribution is -2.46. The van der Waals surface area contributed by atoms with Crippen LogP contribution in [0.15, 0.2) is 28.8 Å². The smallest absolute Gasteiger partial charge is 0.226 e. The molecule has 1 aromatic heterocycles. The number of rotatable bonds is 5. The number of benzene rings is 1. The molecule has 1 aliphatic rings. The van der Waals surface area contributed by atoms with Gasteiger partial charge < -0.3 is 14.7 Å². The molecule has 1 aliphatic heterocycles. The third-order valence-electron chi connectivity index (χ3n) is 3.82. The summed E-state index contributed by atoms with van der Waals surface area (Å²) in [6, 6.07) is 7.29. The molecule has 0 radical (unpaired) electrons. The lowest BCUT2D eigenvalue weighted by molar-refractivity contribution is -0.131. The molecule has 0 saturated carbocycles. The summed E-state index contributed by atoms with van der Waals surface area (Å²) in [6.07, 6.45) is 1.84. The van der Waals surface area contributed by atoms with E-state index in [2.05, 4.69) is 15.5 Å². The lowest BCUT2D eigenvalue weighted by atomic mass is 10.2. The zero-order chi connectivity index (χ0) is 16.1. The van der Waals surface area contributed by atoms with Crippen LogP contribution in [0.4, 0.5) is 0 Å². The second kappa shape index (κ2) is 7.57. The third-order valence-corrected chi connectivity index (χ3v) is 4.07. The molecule has 7 heteroatoms. The number of nitrogens with zero attached hydrogens (tertiary/aromatic N) is 3. The summed E-state index contributed by atoms with van der Waals surface area (Å²) in [5, 5.41) is 7.88. The molecule has 0 bridgehead atoms. The SMILES string of the molecule is O=C(CCCc1nc(-c2ccc(Cl)cc2)no1)N1CCNCC1. The van der Waals surface area contributed by atoms with Gasteiger partial charge in [-0.15, -0.1) is 0 Å². The van der Waals surface area contributed by atoms with E-state index in [1.807, 2.05) is 17.0 Å². The summed E-state index contributed by atoms with van der Waals surface area (Å²) in [6.45, 7) is 3.33. The first-order valence-corrected chi connectivity index (χ1v) is 8.17. The monoisotopic (exact) mass is 334 g/mol. The number of aryl methyl sites for hydroxylation is 1. The average molecular weight is 335 g/mol. The molecule has 0 aliphatic carbocycles. The van der Waals surface area contributed by atoms with E-state index in [0.29, 0.717) is 36.0 Å². The van der Waals surface area contributed by atoms with Crippen molar-refractivity contribution < 1.29 is 9.32 Å². The van der Waals surface area contributed by atoms with E-state index in [9.17, 15) is 4.79 Å². The first-order chi connectivity index (χ1) is 11.2.